The van der Waals surface area contributed by atoms with Gasteiger partial charge in [-0.05, 0) is 25.5 Å². The van der Waals surface area contributed by atoms with E-state index in [0.717, 1.165) is 18.8 Å². The predicted octanol–water partition coefficient (Wildman–Crippen LogP) is 2.80. The first-order valence-corrected chi connectivity index (χ1v) is 6.31. The van der Waals surface area contributed by atoms with Crippen LogP contribution in [0.4, 0.5) is 0 Å². The van der Waals surface area contributed by atoms with Crippen LogP contribution >= 0.6 is 0 Å². The van der Waals surface area contributed by atoms with Gasteiger partial charge in [0, 0.05) is 18.5 Å². The highest BCUT2D eigenvalue weighted by atomic mass is 15.3. The average Bonchev–Trinajstić information content (AvgIpc) is 2.66. The molecule has 0 amide bonds. The van der Waals surface area contributed by atoms with Crippen LogP contribution in [0.25, 0.3) is 10.9 Å². The standard InChI is InChI=1S/C14H21N3/c1-11(2)8-9-17-14-7-5-4-6-12(14)13(16-17)10-15-3/h4-7,11,15H,8-10H2,1-3H3. The molecule has 1 heterocycles. The van der Waals surface area contributed by atoms with Crippen molar-refractivity contribution >= 4 is 10.9 Å². The third kappa shape index (κ3) is 2.67. The molecule has 0 spiro atoms. The topological polar surface area (TPSA) is 29.9 Å². The van der Waals surface area contributed by atoms with E-state index in [-0.39, 0.29) is 0 Å². The Kier molecular flexibility index (Phi) is 3.79. The summed E-state index contributed by atoms with van der Waals surface area (Å²) in [5.74, 6) is 0.714. The molecule has 0 aliphatic rings. The summed E-state index contributed by atoms with van der Waals surface area (Å²) in [7, 11) is 1.96. The minimum Gasteiger partial charge on any atom is -0.314 e. The Labute approximate surface area is 103 Å². The minimum atomic E-state index is 0.714. The second-order valence-electron chi connectivity index (χ2n) is 4.90. The molecule has 1 N–H and O–H groups in total. The van der Waals surface area contributed by atoms with Gasteiger partial charge in [-0.2, -0.15) is 5.10 Å². The van der Waals surface area contributed by atoms with Crippen molar-refractivity contribution in [2.45, 2.75) is 33.4 Å². The lowest BCUT2D eigenvalue weighted by Crippen LogP contribution is -2.08. The van der Waals surface area contributed by atoms with E-state index in [9.17, 15) is 0 Å². The number of hydrogen-bond donors (Lipinski definition) is 1. The Morgan fingerprint density at radius 1 is 1.29 bits per heavy atom. The van der Waals surface area contributed by atoms with Crippen molar-refractivity contribution in [3.05, 3.63) is 30.0 Å². The van der Waals surface area contributed by atoms with Crippen molar-refractivity contribution in [1.82, 2.24) is 15.1 Å². The van der Waals surface area contributed by atoms with Gasteiger partial charge in [-0.3, -0.25) is 4.68 Å². The zero-order valence-electron chi connectivity index (χ0n) is 10.9. The highest BCUT2D eigenvalue weighted by molar-refractivity contribution is 5.81. The molecular weight excluding hydrogens is 210 g/mol. The van der Waals surface area contributed by atoms with E-state index in [1.807, 2.05) is 7.05 Å². The zero-order valence-corrected chi connectivity index (χ0v) is 10.9. The summed E-state index contributed by atoms with van der Waals surface area (Å²) in [6, 6.07) is 8.47. The molecule has 0 fully saturated rings. The molecular formula is C14H21N3. The summed E-state index contributed by atoms with van der Waals surface area (Å²) < 4.78 is 2.14. The number of aromatic nitrogens is 2. The Hall–Kier alpha value is -1.35. The number of rotatable bonds is 5. The monoisotopic (exact) mass is 231 g/mol. The number of aryl methyl sites for hydroxylation is 1. The lowest BCUT2D eigenvalue weighted by atomic mass is 10.1. The van der Waals surface area contributed by atoms with Gasteiger partial charge in [0.25, 0.3) is 0 Å². The SMILES string of the molecule is CNCc1nn(CCC(C)C)c2ccccc12. The van der Waals surface area contributed by atoms with Crippen LogP contribution < -0.4 is 5.32 Å². The summed E-state index contributed by atoms with van der Waals surface area (Å²) in [5, 5.41) is 9.15. The van der Waals surface area contributed by atoms with Gasteiger partial charge in [-0.25, -0.2) is 0 Å². The van der Waals surface area contributed by atoms with E-state index in [2.05, 4.69) is 48.1 Å². The molecule has 92 valence electrons. The van der Waals surface area contributed by atoms with Crippen LogP contribution in [0.15, 0.2) is 24.3 Å². The van der Waals surface area contributed by atoms with Crippen molar-refractivity contribution < 1.29 is 0 Å². The number of hydrogen-bond acceptors (Lipinski definition) is 2. The van der Waals surface area contributed by atoms with E-state index in [0.29, 0.717) is 5.92 Å². The molecule has 1 aromatic carbocycles. The molecule has 0 atom stereocenters. The van der Waals surface area contributed by atoms with Gasteiger partial charge >= 0.3 is 0 Å². The van der Waals surface area contributed by atoms with Gasteiger partial charge in [0.2, 0.25) is 0 Å². The molecule has 0 bridgehead atoms. The van der Waals surface area contributed by atoms with Crippen LogP contribution in [0, 0.1) is 5.92 Å². The summed E-state index contributed by atoms with van der Waals surface area (Å²) >= 11 is 0. The van der Waals surface area contributed by atoms with Gasteiger partial charge in [0.05, 0.1) is 11.2 Å². The summed E-state index contributed by atoms with van der Waals surface area (Å²) in [5.41, 5.74) is 2.39. The first-order chi connectivity index (χ1) is 8.22. The van der Waals surface area contributed by atoms with Crippen LogP contribution in [0.2, 0.25) is 0 Å². The second kappa shape index (κ2) is 5.32. The lowest BCUT2D eigenvalue weighted by Gasteiger charge is -2.05. The molecule has 1 aromatic heterocycles. The number of fused-ring (bicyclic) bond motifs is 1. The fourth-order valence-electron chi connectivity index (χ4n) is 2.05. The first-order valence-electron chi connectivity index (χ1n) is 6.31. The number of benzene rings is 1. The molecule has 0 aliphatic heterocycles. The Morgan fingerprint density at radius 2 is 2.06 bits per heavy atom. The highest BCUT2D eigenvalue weighted by Crippen LogP contribution is 2.19. The number of para-hydroxylation sites is 1. The molecule has 0 unspecified atom stereocenters. The molecule has 0 saturated heterocycles. The minimum absolute atomic E-state index is 0.714. The van der Waals surface area contributed by atoms with Gasteiger partial charge in [-0.15, -0.1) is 0 Å². The van der Waals surface area contributed by atoms with Gasteiger partial charge in [-0.1, -0.05) is 32.0 Å². The maximum atomic E-state index is 4.71. The van der Waals surface area contributed by atoms with E-state index in [1.165, 1.54) is 17.3 Å². The number of nitrogens with zero attached hydrogens (tertiary/aromatic N) is 2. The fourth-order valence-corrected chi connectivity index (χ4v) is 2.05. The zero-order chi connectivity index (χ0) is 12.3. The van der Waals surface area contributed by atoms with Crippen LogP contribution in [0.5, 0.6) is 0 Å². The average molecular weight is 231 g/mol. The molecule has 2 aromatic rings. The third-order valence-corrected chi connectivity index (χ3v) is 3.00. The smallest absolute Gasteiger partial charge is 0.0841 e. The Morgan fingerprint density at radius 3 is 2.76 bits per heavy atom. The summed E-state index contributed by atoms with van der Waals surface area (Å²) in [6.07, 6.45) is 1.17. The van der Waals surface area contributed by atoms with Crippen molar-refractivity contribution in [2.24, 2.45) is 5.92 Å². The second-order valence-corrected chi connectivity index (χ2v) is 4.90. The van der Waals surface area contributed by atoms with Crippen molar-refractivity contribution in [2.75, 3.05) is 7.05 Å². The Bertz CT molecular complexity index is 485. The number of nitrogens with one attached hydrogen (secondary N) is 1. The summed E-state index contributed by atoms with van der Waals surface area (Å²) in [4.78, 5) is 0. The quantitative estimate of drug-likeness (QED) is 0.857. The van der Waals surface area contributed by atoms with Gasteiger partial charge in [0.1, 0.15) is 0 Å². The van der Waals surface area contributed by atoms with Crippen molar-refractivity contribution in [3.63, 3.8) is 0 Å². The largest absolute Gasteiger partial charge is 0.314 e. The molecule has 0 aliphatic carbocycles. The van der Waals surface area contributed by atoms with Crippen molar-refractivity contribution in [3.8, 4) is 0 Å². The van der Waals surface area contributed by atoms with Crippen LogP contribution in [0.3, 0.4) is 0 Å². The van der Waals surface area contributed by atoms with Crippen LogP contribution in [-0.4, -0.2) is 16.8 Å². The first kappa shape index (κ1) is 12.1. The lowest BCUT2D eigenvalue weighted by molar-refractivity contribution is 0.492. The Balaban J connectivity index is 2.34. The molecule has 17 heavy (non-hydrogen) atoms. The molecule has 3 nitrogen and oxygen atoms in total. The van der Waals surface area contributed by atoms with E-state index in [4.69, 9.17) is 5.10 Å². The third-order valence-electron chi connectivity index (χ3n) is 3.00. The van der Waals surface area contributed by atoms with Gasteiger partial charge < -0.3 is 5.32 Å². The maximum absolute atomic E-state index is 4.71. The van der Waals surface area contributed by atoms with Crippen molar-refractivity contribution in [1.29, 1.82) is 0 Å². The summed E-state index contributed by atoms with van der Waals surface area (Å²) in [6.45, 7) is 6.33. The molecule has 3 heteroatoms. The molecule has 0 saturated carbocycles. The van der Waals surface area contributed by atoms with E-state index >= 15 is 0 Å². The van der Waals surface area contributed by atoms with Crippen LogP contribution in [-0.2, 0) is 13.1 Å². The maximum Gasteiger partial charge on any atom is 0.0841 e. The highest BCUT2D eigenvalue weighted by Gasteiger charge is 2.09. The normalized spacial score (nSPS) is 11.5. The van der Waals surface area contributed by atoms with Gasteiger partial charge in [0.15, 0.2) is 0 Å². The van der Waals surface area contributed by atoms with Crippen LogP contribution in [0.1, 0.15) is 26.0 Å². The van der Waals surface area contributed by atoms with E-state index < -0.39 is 0 Å². The predicted molar refractivity (Wildman–Crippen MR) is 72.0 cm³/mol. The molecule has 2 rings (SSSR count). The van der Waals surface area contributed by atoms with E-state index in [1.54, 1.807) is 0 Å². The molecule has 0 radical (unpaired) electrons. The fraction of sp³-hybridized carbons (Fsp3) is 0.500.